The van der Waals surface area contributed by atoms with Gasteiger partial charge < -0.3 is 0 Å². The van der Waals surface area contributed by atoms with Gasteiger partial charge in [0.15, 0.2) is 0 Å². The lowest BCUT2D eigenvalue weighted by Crippen LogP contribution is -1.92. The Morgan fingerprint density at radius 3 is 1.75 bits per heavy atom. The molecule has 0 N–H and O–H groups in total. The zero-order valence-electron chi connectivity index (χ0n) is 6.81. The van der Waals surface area contributed by atoms with Gasteiger partial charge in [-0.05, 0) is 24.3 Å². The molecule has 0 amide bonds. The van der Waals surface area contributed by atoms with Crippen molar-refractivity contribution >= 4 is 33.5 Å². The molecule has 72 valence electrons. The van der Waals surface area contributed by atoms with Crippen molar-refractivity contribution < 1.29 is 13.6 Å². The van der Waals surface area contributed by atoms with E-state index in [1.165, 1.54) is 0 Å². The predicted molar refractivity (Wildman–Crippen MR) is 56.5 cm³/mol. The topological polar surface area (TPSA) is 35.5 Å². The van der Waals surface area contributed by atoms with Crippen molar-refractivity contribution in [1.82, 2.24) is 0 Å². The fourth-order valence-electron chi connectivity index (χ4n) is 0.445. The lowest BCUT2D eigenvalue weighted by atomic mass is 10.5. The molecule has 0 fully saturated rings. The molecule has 0 rings (SSSR count). The summed E-state index contributed by atoms with van der Waals surface area (Å²) in [5.41, 5.74) is 0. The van der Waals surface area contributed by atoms with Crippen molar-refractivity contribution in [3.8, 4) is 0 Å². The van der Waals surface area contributed by atoms with E-state index in [9.17, 15) is 4.57 Å². The minimum Gasteiger partial charge on any atom is -0.179 e. The van der Waals surface area contributed by atoms with Crippen molar-refractivity contribution in [2.45, 2.75) is 12.8 Å². The highest BCUT2D eigenvalue weighted by atomic mass is 32.1. The van der Waals surface area contributed by atoms with Crippen LogP contribution in [0.1, 0.15) is 12.8 Å². The molecule has 0 atom stereocenters. The van der Waals surface area contributed by atoms with Crippen molar-refractivity contribution in [3.05, 3.63) is 0 Å². The second-order valence-corrected chi connectivity index (χ2v) is 3.90. The predicted octanol–water partition coefficient (Wildman–Crippen LogP) is 2.32. The summed E-state index contributed by atoms with van der Waals surface area (Å²) in [5, 5.41) is 0. The molecule has 0 aliphatic heterocycles. The maximum Gasteiger partial charge on any atom is 0.697 e. The van der Waals surface area contributed by atoms with Gasteiger partial charge in [-0.15, -0.1) is 9.05 Å². The highest BCUT2D eigenvalue weighted by Crippen LogP contribution is 2.23. The third-order valence-electron chi connectivity index (χ3n) is 0.998. The van der Waals surface area contributed by atoms with Gasteiger partial charge in [0.2, 0.25) is 0 Å². The van der Waals surface area contributed by atoms with Crippen LogP contribution in [-0.2, 0) is 13.6 Å². The quantitative estimate of drug-likeness (QED) is 0.381. The summed E-state index contributed by atoms with van der Waals surface area (Å²) in [5.74, 6) is 1.47. The molecule has 0 aliphatic rings. The maximum atomic E-state index is 10.8. The average Bonchev–Trinajstić information content (AvgIpc) is 2.06. The summed E-state index contributed by atoms with van der Waals surface area (Å²) in [6.07, 6.45) is 1.58. The lowest BCUT2D eigenvalue weighted by Gasteiger charge is -1.89. The molecule has 0 saturated heterocycles. The molecule has 0 saturated carbocycles. The van der Waals surface area contributed by atoms with E-state index in [4.69, 9.17) is 9.05 Å². The van der Waals surface area contributed by atoms with Gasteiger partial charge in [0.25, 0.3) is 0 Å². The first-order valence-corrected chi connectivity index (χ1v) is 6.12. The molecule has 0 radical (unpaired) electrons. The molecule has 0 aliphatic carbocycles. The van der Waals surface area contributed by atoms with Crippen LogP contribution in [0.25, 0.3) is 0 Å². The maximum absolute atomic E-state index is 10.8. The van der Waals surface area contributed by atoms with E-state index in [0.717, 1.165) is 24.3 Å². The highest BCUT2D eigenvalue weighted by Gasteiger charge is 2.18. The SMILES string of the molecule is O=[P+](OCCCS)OCCCS. The standard InChI is InChI=1S/C6H13O3PS2/c7-10(8-3-1-5-11)9-4-2-6-12/h1-6H2,(H-,11,12)/p+1. The monoisotopic (exact) mass is 229 g/mol. The molecule has 0 aromatic rings. The van der Waals surface area contributed by atoms with Gasteiger partial charge in [0.1, 0.15) is 13.2 Å². The summed E-state index contributed by atoms with van der Waals surface area (Å²) in [6.45, 7) is 0.888. The lowest BCUT2D eigenvalue weighted by molar-refractivity contribution is 0.227. The molecule has 6 heteroatoms. The second kappa shape index (κ2) is 9.81. The Labute approximate surface area is 85.0 Å². The van der Waals surface area contributed by atoms with Crippen LogP contribution >= 0.6 is 33.5 Å². The first-order valence-electron chi connectivity index (χ1n) is 3.76. The van der Waals surface area contributed by atoms with Gasteiger partial charge in [-0.1, -0.05) is 0 Å². The number of thiol groups is 2. The smallest absolute Gasteiger partial charge is 0.179 e. The Morgan fingerprint density at radius 2 is 1.42 bits per heavy atom. The van der Waals surface area contributed by atoms with Crippen molar-refractivity contribution in [1.29, 1.82) is 0 Å². The first kappa shape index (κ1) is 12.7. The van der Waals surface area contributed by atoms with E-state index in [1.54, 1.807) is 0 Å². The van der Waals surface area contributed by atoms with E-state index in [2.05, 4.69) is 25.3 Å². The van der Waals surface area contributed by atoms with E-state index < -0.39 is 8.25 Å². The summed E-state index contributed by atoms with van der Waals surface area (Å²) in [4.78, 5) is 0. The van der Waals surface area contributed by atoms with Crippen LogP contribution in [0, 0.1) is 0 Å². The van der Waals surface area contributed by atoms with Crippen molar-refractivity contribution in [2.24, 2.45) is 0 Å². The molecule has 0 heterocycles. The summed E-state index contributed by atoms with van der Waals surface area (Å²) >= 11 is 7.97. The Hall–Kier alpha value is 0.720. The molecule has 0 aromatic carbocycles. The molecule has 12 heavy (non-hydrogen) atoms. The Bertz CT molecular complexity index is 111. The average molecular weight is 229 g/mol. The largest absolute Gasteiger partial charge is 0.697 e. The molecule has 0 unspecified atom stereocenters. The van der Waals surface area contributed by atoms with E-state index in [0.29, 0.717) is 13.2 Å². The van der Waals surface area contributed by atoms with E-state index >= 15 is 0 Å². The van der Waals surface area contributed by atoms with Crippen LogP contribution in [0.3, 0.4) is 0 Å². The minimum atomic E-state index is -1.92. The van der Waals surface area contributed by atoms with Crippen LogP contribution in [0.4, 0.5) is 0 Å². The first-order chi connectivity index (χ1) is 5.81. The number of hydrogen-bond donors (Lipinski definition) is 2. The minimum absolute atomic E-state index is 0.444. The third-order valence-corrected chi connectivity index (χ3v) is 2.42. The van der Waals surface area contributed by atoms with E-state index in [1.807, 2.05) is 0 Å². The zero-order chi connectivity index (χ0) is 9.23. The van der Waals surface area contributed by atoms with Crippen LogP contribution < -0.4 is 0 Å². The van der Waals surface area contributed by atoms with Gasteiger partial charge in [-0.25, -0.2) is 0 Å². The molecule has 0 spiro atoms. The van der Waals surface area contributed by atoms with Crippen LogP contribution in [-0.4, -0.2) is 24.7 Å². The van der Waals surface area contributed by atoms with Gasteiger partial charge >= 0.3 is 8.25 Å². The Kier molecular flexibility index (Phi) is 10.4. The van der Waals surface area contributed by atoms with Gasteiger partial charge in [-0.3, -0.25) is 0 Å². The molecule has 0 aromatic heterocycles. The van der Waals surface area contributed by atoms with Crippen LogP contribution in [0.2, 0.25) is 0 Å². The summed E-state index contributed by atoms with van der Waals surface area (Å²) in [7, 11) is -1.92. The highest BCUT2D eigenvalue weighted by molar-refractivity contribution is 7.80. The van der Waals surface area contributed by atoms with Crippen LogP contribution in [0.15, 0.2) is 0 Å². The molecule has 3 nitrogen and oxygen atoms in total. The van der Waals surface area contributed by atoms with Crippen molar-refractivity contribution in [3.63, 3.8) is 0 Å². The summed E-state index contributed by atoms with van der Waals surface area (Å²) in [6, 6.07) is 0. The third kappa shape index (κ3) is 8.81. The zero-order valence-corrected chi connectivity index (χ0v) is 9.49. The van der Waals surface area contributed by atoms with Gasteiger partial charge in [-0.2, -0.15) is 25.3 Å². The summed E-state index contributed by atoms with van der Waals surface area (Å²) < 4.78 is 20.5. The fraction of sp³-hybridized carbons (Fsp3) is 1.00. The number of rotatable bonds is 8. The van der Waals surface area contributed by atoms with Gasteiger partial charge in [0.05, 0.1) is 0 Å². The van der Waals surface area contributed by atoms with Crippen molar-refractivity contribution in [2.75, 3.05) is 24.7 Å². The molecular weight excluding hydrogens is 215 g/mol. The Morgan fingerprint density at radius 1 is 1.00 bits per heavy atom. The number of hydrogen-bond acceptors (Lipinski definition) is 5. The second-order valence-electron chi connectivity index (χ2n) is 2.04. The van der Waals surface area contributed by atoms with Gasteiger partial charge in [0, 0.05) is 4.57 Å². The normalized spacial score (nSPS) is 10.2. The fourth-order valence-corrected chi connectivity index (χ4v) is 1.33. The molecular formula is C6H14O3PS2+. The van der Waals surface area contributed by atoms with E-state index in [-0.39, 0.29) is 0 Å². The Balaban J connectivity index is 3.10. The van der Waals surface area contributed by atoms with Crippen LogP contribution in [0.5, 0.6) is 0 Å². The molecule has 0 bridgehead atoms.